The molecule has 4 heteroatoms. The van der Waals surface area contributed by atoms with Gasteiger partial charge in [-0.05, 0) is 18.6 Å². The third kappa shape index (κ3) is 3.15. The van der Waals surface area contributed by atoms with E-state index in [1.807, 2.05) is 25.1 Å². The highest BCUT2D eigenvalue weighted by molar-refractivity contribution is 5.57. The number of piperazine rings is 1. The number of aromatic hydroxyl groups is 1. The number of para-hydroxylation sites is 2. The van der Waals surface area contributed by atoms with Crippen LogP contribution in [0.15, 0.2) is 24.3 Å². The third-order valence-electron chi connectivity index (χ3n) is 3.53. The van der Waals surface area contributed by atoms with Gasteiger partial charge in [0.1, 0.15) is 5.75 Å². The summed E-state index contributed by atoms with van der Waals surface area (Å²) in [4.78, 5) is 4.48. The number of phenolic OH excluding ortho intramolecular Hbond substituents is 1. The first-order valence-corrected chi connectivity index (χ1v) is 6.64. The summed E-state index contributed by atoms with van der Waals surface area (Å²) in [5, 5.41) is 19.5. The van der Waals surface area contributed by atoms with E-state index in [2.05, 4.69) is 9.80 Å². The Kier molecular flexibility index (Phi) is 4.44. The Balaban J connectivity index is 1.89. The molecule has 0 amide bonds. The Hall–Kier alpha value is -1.26. The summed E-state index contributed by atoms with van der Waals surface area (Å²) >= 11 is 0. The van der Waals surface area contributed by atoms with Crippen molar-refractivity contribution in [3.63, 3.8) is 0 Å². The average molecular weight is 250 g/mol. The topological polar surface area (TPSA) is 46.9 Å². The molecule has 2 rings (SSSR count). The van der Waals surface area contributed by atoms with Crippen LogP contribution in [-0.4, -0.2) is 53.9 Å². The Morgan fingerprint density at radius 1 is 1.17 bits per heavy atom. The minimum absolute atomic E-state index is 0.221. The predicted molar refractivity (Wildman–Crippen MR) is 73.1 cm³/mol. The van der Waals surface area contributed by atoms with Crippen molar-refractivity contribution >= 4 is 5.69 Å². The molecule has 0 bridgehead atoms. The molecule has 4 nitrogen and oxygen atoms in total. The van der Waals surface area contributed by atoms with E-state index in [-0.39, 0.29) is 6.10 Å². The fraction of sp³-hybridized carbons (Fsp3) is 0.571. The van der Waals surface area contributed by atoms with Gasteiger partial charge in [0.15, 0.2) is 0 Å². The molecule has 1 aromatic carbocycles. The molecular formula is C14H22N2O2. The number of β-amino-alcohol motifs (C(OH)–C–C–N with tert-alkyl or cyclic N) is 1. The lowest BCUT2D eigenvalue weighted by atomic mass is 10.2. The van der Waals surface area contributed by atoms with Crippen molar-refractivity contribution in [2.45, 2.75) is 19.4 Å². The Morgan fingerprint density at radius 2 is 1.83 bits per heavy atom. The standard InChI is InChI=1S/C14H22N2O2/c1-2-12(17)11-15-7-9-16(10-8-15)13-5-3-4-6-14(13)18/h3-6,12,17-18H,2,7-11H2,1H3. The zero-order valence-corrected chi connectivity index (χ0v) is 10.9. The van der Waals surface area contributed by atoms with Crippen molar-refractivity contribution in [2.24, 2.45) is 0 Å². The smallest absolute Gasteiger partial charge is 0.138 e. The molecule has 1 aromatic rings. The molecule has 18 heavy (non-hydrogen) atoms. The maximum atomic E-state index is 9.82. The summed E-state index contributed by atoms with van der Waals surface area (Å²) in [5.74, 6) is 0.347. The van der Waals surface area contributed by atoms with Crippen molar-refractivity contribution in [1.29, 1.82) is 0 Å². The molecule has 1 aliphatic rings. The summed E-state index contributed by atoms with van der Waals surface area (Å²) in [6.45, 7) is 6.42. The van der Waals surface area contributed by atoms with Crippen LogP contribution in [0.4, 0.5) is 5.69 Å². The van der Waals surface area contributed by atoms with Crippen LogP contribution in [0.5, 0.6) is 5.75 Å². The lowest BCUT2D eigenvalue weighted by molar-refractivity contribution is 0.106. The zero-order valence-electron chi connectivity index (χ0n) is 10.9. The monoisotopic (exact) mass is 250 g/mol. The number of anilines is 1. The summed E-state index contributed by atoms with van der Waals surface area (Å²) in [6.07, 6.45) is 0.585. The van der Waals surface area contributed by atoms with Crippen LogP contribution in [-0.2, 0) is 0 Å². The fourth-order valence-corrected chi connectivity index (χ4v) is 2.33. The average Bonchev–Trinajstić information content (AvgIpc) is 2.40. The summed E-state index contributed by atoms with van der Waals surface area (Å²) in [7, 11) is 0. The van der Waals surface area contributed by atoms with Crippen LogP contribution < -0.4 is 4.90 Å². The van der Waals surface area contributed by atoms with E-state index in [1.54, 1.807) is 6.07 Å². The molecule has 1 aliphatic heterocycles. The second-order valence-corrected chi connectivity index (χ2v) is 4.84. The van der Waals surface area contributed by atoms with Gasteiger partial charge in [0, 0.05) is 32.7 Å². The molecular weight excluding hydrogens is 228 g/mol. The van der Waals surface area contributed by atoms with Crippen LogP contribution in [0.1, 0.15) is 13.3 Å². The van der Waals surface area contributed by atoms with Gasteiger partial charge in [0.25, 0.3) is 0 Å². The van der Waals surface area contributed by atoms with E-state index in [0.717, 1.165) is 44.8 Å². The molecule has 1 saturated heterocycles. The Morgan fingerprint density at radius 3 is 2.44 bits per heavy atom. The van der Waals surface area contributed by atoms with Gasteiger partial charge in [-0.15, -0.1) is 0 Å². The minimum Gasteiger partial charge on any atom is -0.506 e. The number of aliphatic hydroxyl groups is 1. The van der Waals surface area contributed by atoms with Crippen LogP contribution in [0.25, 0.3) is 0 Å². The van der Waals surface area contributed by atoms with Gasteiger partial charge in [0.2, 0.25) is 0 Å². The van der Waals surface area contributed by atoms with Crippen molar-refractivity contribution < 1.29 is 10.2 Å². The molecule has 1 atom stereocenters. The molecule has 1 heterocycles. The third-order valence-corrected chi connectivity index (χ3v) is 3.53. The minimum atomic E-state index is -0.221. The number of phenols is 1. The number of benzene rings is 1. The quantitative estimate of drug-likeness (QED) is 0.845. The lowest BCUT2D eigenvalue weighted by Gasteiger charge is -2.37. The highest BCUT2D eigenvalue weighted by Gasteiger charge is 2.20. The van der Waals surface area contributed by atoms with Gasteiger partial charge in [-0.3, -0.25) is 4.90 Å². The first-order chi connectivity index (χ1) is 8.70. The second kappa shape index (κ2) is 6.07. The maximum Gasteiger partial charge on any atom is 0.138 e. The van der Waals surface area contributed by atoms with Crippen molar-refractivity contribution in [2.75, 3.05) is 37.6 Å². The normalized spacial score (nSPS) is 18.9. The summed E-state index contributed by atoms with van der Waals surface area (Å²) in [6, 6.07) is 7.46. The van der Waals surface area contributed by atoms with E-state index in [4.69, 9.17) is 0 Å². The van der Waals surface area contributed by atoms with Crippen molar-refractivity contribution in [3.05, 3.63) is 24.3 Å². The van der Waals surface area contributed by atoms with E-state index in [9.17, 15) is 10.2 Å². The van der Waals surface area contributed by atoms with Crippen molar-refractivity contribution in [3.8, 4) is 5.75 Å². The van der Waals surface area contributed by atoms with Crippen LogP contribution in [0, 0.1) is 0 Å². The summed E-state index contributed by atoms with van der Waals surface area (Å²) in [5.41, 5.74) is 0.910. The van der Waals surface area contributed by atoms with E-state index in [1.165, 1.54) is 0 Å². The van der Waals surface area contributed by atoms with Crippen LogP contribution in [0.3, 0.4) is 0 Å². The maximum absolute atomic E-state index is 9.82. The molecule has 0 radical (unpaired) electrons. The number of hydrogen-bond donors (Lipinski definition) is 2. The van der Waals surface area contributed by atoms with E-state index < -0.39 is 0 Å². The molecule has 0 spiro atoms. The molecule has 0 saturated carbocycles. The van der Waals surface area contributed by atoms with Gasteiger partial charge in [0.05, 0.1) is 11.8 Å². The Bertz CT molecular complexity index is 376. The molecule has 1 fully saturated rings. The molecule has 100 valence electrons. The predicted octanol–water partition coefficient (Wildman–Crippen LogP) is 1.29. The fourth-order valence-electron chi connectivity index (χ4n) is 2.33. The highest BCUT2D eigenvalue weighted by atomic mass is 16.3. The lowest BCUT2D eigenvalue weighted by Crippen LogP contribution is -2.48. The number of rotatable bonds is 4. The first-order valence-electron chi connectivity index (χ1n) is 6.64. The van der Waals surface area contributed by atoms with Gasteiger partial charge in [-0.1, -0.05) is 19.1 Å². The van der Waals surface area contributed by atoms with Gasteiger partial charge < -0.3 is 15.1 Å². The summed E-state index contributed by atoms with van der Waals surface area (Å²) < 4.78 is 0. The molecule has 1 unspecified atom stereocenters. The van der Waals surface area contributed by atoms with Gasteiger partial charge >= 0.3 is 0 Å². The number of nitrogens with zero attached hydrogens (tertiary/aromatic N) is 2. The van der Waals surface area contributed by atoms with Crippen LogP contribution >= 0.6 is 0 Å². The number of hydrogen-bond acceptors (Lipinski definition) is 4. The molecule has 2 N–H and O–H groups in total. The second-order valence-electron chi connectivity index (χ2n) is 4.84. The SMILES string of the molecule is CCC(O)CN1CCN(c2ccccc2O)CC1. The largest absolute Gasteiger partial charge is 0.506 e. The van der Waals surface area contributed by atoms with Crippen molar-refractivity contribution in [1.82, 2.24) is 4.90 Å². The van der Waals surface area contributed by atoms with E-state index >= 15 is 0 Å². The van der Waals surface area contributed by atoms with E-state index in [0.29, 0.717) is 5.75 Å². The molecule has 0 aliphatic carbocycles. The highest BCUT2D eigenvalue weighted by Crippen LogP contribution is 2.27. The first kappa shape index (κ1) is 13.2. The number of aliphatic hydroxyl groups excluding tert-OH is 1. The Labute approximate surface area is 108 Å². The van der Waals surface area contributed by atoms with Gasteiger partial charge in [-0.25, -0.2) is 0 Å². The molecule has 0 aromatic heterocycles. The van der Waals surface area contributed by atoms with Crippen LogP contribution in [0.2, 0.25) is 0 Å². The van der Waals surface area contributed by atoms with Gasteiger partial charge in [-0.2, -0.15) is 0 Å². The zero-order chi connectivity index (χ0) is 13.0.